The molecule has 0 saturated carbocycles. The summed E-state index contributed by atoms with van der Waals surface area (Å²) in [6, 6.07) is 10.7. The van der Waals surface area contributed by atoms with Crippen LogP contribution in [0, 0.1) is 0 Å². The molecular formula is C19H30N2O2S. The smallest absolute Gasteiger partial charge is 0.214 e. The predicted molar refractivity (Wildman–Crippen MR) is 98.4 cm³/mol. The summed E-state index contributed by atoms with van der Waals surface area (Å²) >= 11 is 0. The van der Waals surface area contributed by atoms with E-state index in [1.807, 2.05) is 6.92 Å². The first-order valence-electron chi connectivity index (χ1n) is 9.37. The van der Waals surface area contributed by atoms with Crippen LogP contribution in [0.15, 0.2) is 30.3 Å². The molecule has 0 aromatic heterocycles. The summed E-state index contributed by atoms with van der Waals surface area (Å²) in [5.41, 5.74) is 1.38. The van der Waals surface area contributed by atoms with E-state index in [1.165, 1.54) is 18.4 Å². The zero-order chi connectivity index (χ0) is 17.0. The maximum atomic E-state index is 12.5. The fourth-order valence-corrected chi connectivity index (χ4v) is 5.92. The average Bonchev–Trinajstić information content (AvgIpc) is 3.16. The van der Waals surface area contributed by atoms with Crippen molar-refractivity contribution in [2.75, 3.05) is 31.9 Å². The van der Waals surface area contributed by atoms with Gasteiger partial charge in [-0.3, -0.25) is 4.90 Å². The van der Waals surface area contributed by atoms with Crippen LogP contribution in [0.5, 0.6) is 0 Å². The van der Waals surface area contributed by atoms with Crippen molar-refractivity contribution in [2.24, 2.45) is 0 Å². The van der Waals surface area contributed by atoms with Gasteiger partial charge in [0.05, 0.1) is 5.75 Å². The van der Waals surface area contributed by atoms with Gasteiger partial charge in [0.1, 0.15) is 0 Å². The lowest BCUT2D eigenvalue weighted by Gasteiger charge is -2.47. The van der Waals surface area contributed by atoms with Crippen LogP contribution >= 0.6 is 0 Å². The first-order chi connectivity index (χ1) is 11.6. The maximum Gasteiger partial charge on any atom is 0.214 e. The number of hydrogen-bond acceptors (Lipinski definition) is 3. The van der Waals surface area contributed by atoms with E-state index in [2.05, 4.69) is 35.2 Å². The van der Waals surface area contributed by atoms with Gasteiger partial charge in [-0.2, -0.15) is 0 Å². The molecule has 2 saturated heterocycles. The minimum atomic E-state index is -3.09. The lowest BCUT2D eigenvalue weighted by atomic mass is 9.80. The van der Waals surface area contributed by atoms with E-state index in [0.717, 1.165) is 38.8 Å². The molecule has 0 spiro atoms. The molecule has 0 atom stereocenters. The summed E-state index contributed by atoms with van der Waals surface area (Å²) in [5.74, 6) is 0.297. The molecule has 24 heavy (non-hydrogen) atoms. The van der Waals surface area contributed by atoms with Gasteiger partial charge >= 0.3 is 0 Å². The third-order valence-corrected chi connectivity index (χ3v) is 7.68. The van der Waals surface area contributed by atoms with E-state index < -0.39 is 10.0 Å². The second kappa shape index (κ2) is 7.54. The predicted octanol–water partition coefficient (Wildman–Crippen LogP) is 3.20. The Kier molecular flexibility index (Phi) is 5.63. The van der Waals surface area contributed by atoms with Crippen molar-refractivity contribution in [3.8, 4) is 0 Å². The van der Waals surface area contributed by atoms with Crippen LogP contribution in [-0.2, 0) is 15.6 Å². The van der Waals surface area contributed by atoms with Crippen molar-refractivity contribution >= 4 is 10.0 Å². The molecule has 1 aromatic rings. The quantitative estimate of drug-likeness (QED) is 0.791. The number of benzene rings is 1. The molecule has 0 N–H and O–H groups in total. The zero-order valence-electron chi connectivity index (χ0n) is 14.8. The molecule has 134 valence electrons. The number of nitrogens with zero attached hydrogens (tertiary/aromatic N) is 2. The van der Waals surface area contributed by atoms with Crippen molar-refractivity contribution in [2.45, 2.75) is 51.0 Å². The molecule has 0 radical (unpaired) electrons. The van der Waals surface area contributed by atoms with Crippen LogP contribution in [0.2, 0.25) is 0 Å². The van der Waals surface area contributed by atoms with Gasteiger partial charge in [-0.05, 0) is 50.8 Å². The van der Waals surface area contributed by atoms with Gasteiger partial charge in [-0.25, -0.2) is 12.7 Å². The number of sulfonamides is 1. The Balaban J connectivity index is 1.79. The number of rotatable bonds is 6. The van der Waals surface area contributed by atoms with E-state index in [-0.39, 0.29) is 5.54 Å². The van der Waals surface area contributed by atoms with Crippen molar-refractivity contribution in [1.29, 1.82) is 0 Å². The summed E-state index contributed by atoms with van der Waals surface area (Å²) in [4.78, 5) is 2.61. The molecule has 2 fully saturated rings. The summed E-state index contributed by atoms with van der Waals surface area (Å²) in [6.07, 6.45) is 6.01. The minimum absolute atomic E-state index is 0.0224. The number of hydrogen-bond donors (Lipinski definition) is 0. The van der Waals surface area contributed by atoms with Gasteiger partial charge in [0.25, 0.3) is 0 Å². The van der Waals surface area contributed by atoms with Crippen LogP contribution in [0.1, 0.15) is 51.0 Å². The lowest BCUT2D eigenvalue weighted by Crippen LogP contribution is -2.53. The Labute approximate surface area is 146 Å². The van der Waals surface area contributed by atoms with E-state index in [9.17, 15) is 8.42 Å². The van der Waals surface area contributed by atoms with Gasteiger partial charge in [0, 0.05) is 18.6 Å². The van der Waals surface area contributed by atoms with Crippen LogP contribution in [0.4, 0.5) is 0 Å². The Morgan fingerprint density at radius 1 is 1.00 bits per heavy atom. The molecule has 4 nitrogen and oxygen atoms in total. The van der Waals surface area contributed by atoms with Crippen molar-refractivity contribution in [1.82, 2.24) is 9.21 Å². The number of piperidine rings is 1. The van der Waals surface area contributed by atoms with Crippen molar-refractivity contribution in [3.05, 3.63) is 35.9 Å². The summed E-state index contributed by atoms with van der Waals surface area (Å²) in [5, 5.41) is 0. The number of likely N-dealkylation sites (tertiary alicyclic amines) is 1. The lowest BCUT2D eigenvalue weighted by molar-refractivity contribution is 0.0572. The van der Waals surface area contributed by atoms with Crippen molar-refractivity contribution in [3.63, 3.8) is 0 Å². The van der Waals surface area contributed by atoms with Crippen LogP contribution in [-0.4, -0.2) is 49.6 Å². The molecular weight excluding hydrogens is 320 g/mol. The van der Waals surface area contributed by atoms with E-state index in [0.29, 0.717) is 18.8 Å². The van der Waals surface area contributed by atoms with Gasteiger partial charge in [0.15, 0.2) is 0 Å². The van der Waals surface area contributed by atoms with Gasteiger partial charge in [0.2, 0.25) is 10.0 Å². The molecule has 3 rings (SSSR count). The number of unbranched alkanes of at least 4 members (excludes halogenated alkanes) is 1. The third kappa shape index (κ3) is 3.53. The Bertz CT molecular complexity index is 616. The molecule has 0 bridgehead atoms. The Morgan fingerprint density at radius 3 is 2.21 bits per heavy atom. The minimum Gasteiger partial charge on any atom is -0.293 e. The first kappa shape index (κ1) is 17.9. The van der Waals surface area contributed by atoms with Gasteiger partial charge in [-0.15, -0.1) is 0 Å². The molecule has 0 amide bonds. The summed E-state index contributed by atoms with van der Waals surface area (Å²) in [7, 11) is -3.09. The van der Waals surface area contributed by atoms with Crippen molar-refractivity contribution < 1.29 is 8.42 Å². The third-order valence-electron chi connectivity index (χ3n) is 5.72. The van der Waals surface area contributed by atoms with Crippen LogP contribution in [0.25, 0.3) is 0 Å². The highest BCUT2D eigenvalue weighted by molar-refractivity contribution is 7.89. The molecule has 0 unspecified atom stereocenters. The Hall–Kier alpha value is -0.910. The molecule has 2 aliphatic heterocycles. The Morgan fingerprint density at radius 2 is 1.62 bits per heavy atom. The van der Waals surface area contributed by atoms with E-state index >= 15 is 0 Å². The fourth-order valence-electron chi connectivity index (χ4n) is 4.27. The highest BCUT2D eigenvalue weighted by atomic mass is 32.2. The van der Waals surface area contributed by atoms with Crippen LogP contribution in [0.3, 0.4) is 0 Å². The molecule has 1 aromatic carbocycles. The topological polar surface area (TPSA) is 40.6 Å². The van der Waals surface area contributed by atoms with E-state index in [4.69, 9.17) is 0 Å². The van der Waals surface area contributed by atoms with Gasteiger partial charge < -0.3 is 0 Å². The monoisotopic (exact) mass is 350 g/mol. The SMILES string of the molecule is CCCCS(=O)(=O)N1CCC(c2ccccc2)(N2CCCC2)CC1. The first-order valence-corrected chi connectivity index (χ1v) is 11.0. The average molecular weight is 351 g/mol. The summed E-state index contributed by atoms with van der Waals surface area (Å²) < 4.78 is 26.8. The maximum absolute atomic E-state index is 12.5. The largest absolute Gasteiger partial charge is 0.293 e. The second-order valence-corrected chi connectivity index (χ2v) is 9.25. The normalized spacial score (nSPS) is 22.7. The van der Waals surface area contributed by atoms with Gasteiger partial charge in [-0.1, -0.05) is 43.7 Å². The molecule has 2 aliphatic rings. The zero-order valence-corrected chi connectivity index (χ0v) is 15.6. The molecule has 0 aliphatic carbocycles. The molecule has 5 heteroatoms. The highest BCUT2D eigenvalue weighted by Gasteiger charge is 2.43. The fraction of sp³-hybridized carbons (Fsp3) is 0.684. The molecule has 2 heterocycles. The van der Waals surface area contributed by atoms with E-state index in [1.54, 1.807) is 4.31 Å². The standard InChI is InChI=1S/C19H30N2O2S/c1-2-3-17-24(22,23)21-15-11-19(12-16-21,20-13-7-8-14-20)18-9-5-4-6-10-18/h4-6,9-10H,2-3,7-8,11-17H2,1H3. The highest BCUT2D eigenvalue weighted by Crippen LogP contribution is 2.41. The second-order valence-electron chi connectivity index (χ2n) is 7.16. The van der Waals surface area contributed by atoms with Crippen LogP contribution < -0.4 is 0 Å². The summed E-state index contributed by atoms with van der Waals surface area (Å²) in [6.45, 7) is 5.61.